The van der Waals surface area contributed by atoms with Crippen LogP contribution in [0.2, 0.25) is 0 Å². The van der Waals surface area contributed by atoms with Gasteiger partial charge in [0.05, 0.1) is 26.2 Å². The van der Waals surface area contributed by atoms with Crippen LogP contribution in [0.25, 0.3) is 21.9 Å². The van der Waals surface area contributed by atoms with Crippen molar-refractivity contribution in [2.75, 3.05) is 20.8 Å². The molecule has 3 N–H and O–H groups in total. The highest BCUT2D eigenvalue weighted by Crippen LogP contribution is 2.45. The number of phenols is 2. The molecule has 0 unspecified atom stereocenters. The Balaban J connectivity index is 1.68. The zero-order chi connectivity index (χ0) is 23.3. The zero-order valence-corrected chi connectivity index (χ0v) is 17.7. The molecule has 4 aromatic rings. The Bertz CT molecular complexity index is 1440. The lowest BCUT2D eigenvalue weighted by Gasteiger charge is -2.33. The minimum Gasteiger partial charge on any atom is -0.507 e. The van der Waals surface area contributed by atoms with E-state index < -0.39 is 24.2 Å². The van der Waals surface area contributed by atoms with Crippen LogP contribution < -0.4 is 24.4 Å². The summed E-state index contributed by atoms with van der Waals surface area (Å²) < 4.78 is 28.5. The van der Waals surface area contributed by atoms with Crippen molar-refractivity contribution in [1.29, 1.82) is 0 Å². The summed E-state index contributed by atoms with van der Waals surface area (Å²) in [5, 5.41) is 30.4. The quantitative estimate of drug-likeness (QED) is 0.400. The first kappa shape index (κ1) is 20.8. The van der Waals surface area contributed by atoms with Gasteiger partial charge in [0.2, 0.25) is 11.2 Å². The lowest BCUT2D eigenvalue weighted by atomic mass is 10.0. The number of hydrogen-bond donors (Lipinski definition) is 3. The molecular weight excluding hydrogens is 432 g/mol. The Labute approximate surface area is 186 Å². The van der Waals surface area contributed by atoms with Gasteiger partial charge in [-0.3, -0.25) is 4.79 Å². The first-order chi connectivity index (χ1) is 15.9. The van der Waals surface area contributed by atoms with Crippen LogP contribution in [0.1, 0.15) is 11.7 Å². The van der Waals surface area contributed by atoms with Gasteiger partial charge in [-0.25, -0.2) is 0 Å². The standard InChI is InChI=1S/C24H20O9/c1-29-12-8-15(27)20-18(9-12)32-23-13(21(20)28)4-6-16-24(23)33-19(10-25)22(31-16)11-3-5-14(26)17(7-11)30-2/h3-9,19,22,25-27H,10H2,1-2H3/t19-,22-/m1/s1. The molecule has 1 aliphatic rings. The second kappa shape index (κ2) is 7.79. The van der Waals surface area contributed by atoms with E-state index in [1.165, 1.54) is 38.5 Å². The van der Waals surface area contributed by atoms with Crippen molar-refractivity contribution in [3.8, 4) is 34.5 Å². The van der Waals surface area contributed by atoms with Crippen molar-refractivity contribution in [3.05, 3.63) is 58.3 Å². The van der Waals surface area contributed by atoms with Gasteiger partial charge in [-0.1, -0.05) is 6.07 Å². The van der Waals surface area contributed by atoms with E-state index in [1.807, 2.05) is 0 Å². The molecule has 1 aromatic heterocycles. The SMILES string of the molecule is COc1cc(O)c2c(=O)c3ccc4c(c3oc2c1)O[C@H](CO)[C@@H](c1ccc(O)c(OC)c1)O4. The van der Waals surface area contributed by atoms with Crippen LogP contribution in [-0.4, -0.2) is 42.3 Å². The number of rotatable bonds is 4. The van der Waals surface area contributed by atoms with Crippen LogP contribution in [-0.2, 0) is 0 Å². The highest BCUT2D eigenvalue weighted by atomic mass is 16.6. The first-order valence-electron chi connectivity index (χ1n) is 10.1. The highest BCUT2D eigenvalue weighted by molar-refractivity contribution is 5.96. The summed E-state index contributed by atoms with van der Waals surface area (Å²) in [4.78, 5) is 13.1. The summed E-state index contributed by atoms with van der Waals surface area (Å²) in [7, 11) is 2.87. The maximum absolute atomic E-state index is 13.1. The number of hydrogen-bond acceptors (Lipinski definition) is 9. The van der Waals surface area contributed by atoms with Crippen LogP contribution >= 0.6 is 0 Å². The van der Waals surface area contributed by atoms with Gasteiger partial charge in [-0.05, 0) is 24.3 Å². The van der Waals surface area contributed by atoms with E-state index in [9.17, 15) is 20.1 Å². The van der Waals surface area contributed by atoms with E-state index >= 15 is 0 Å². The van der Waals surface area contributed by atoms with Crippen molar-refractivity contribution in [2.45, 2.75) is 12.2 Å². The fraction of sp³-hybridized carbons (Fsp3) is 0.208. The van der Waals surface area contributed by atoms with E-state index in [-0.39, 0.29) is 44.9 Å². The van der Waals surface area contributed by atoms with Crippen LogP contribution in [0.15, 0.2) is 51.7 Å². The van der Waals surface area contributed by atoms with Crippen molar-refractivity contribution in [3.63, 3.8) is 0 Å². The number of benzene rings is 3. The summed E-state index contributed by atoms with van der Waals surface area (Å²) in [6.45, 7) is -0.393. The van der Waals surface area contributed by atoms with Gasteiger partial charge in [0, 0.05) is 17.7 Å². The maximum Gasteiger partial charge on any atom is 0.205 e. The molecule has 9 heteroatoms. The molecule has 0 fully saturated rings. The minimum atomic E-state index is -0.836. The summed E-state index contributed by atoms with van der Waals surface area (Å²) >= 11 is 0. The molecule has 0 bridgehead atoms. The van der Waals surface area contributed by atoms with Gasteiger partial charge in [0.15, 0.2) is 35.0 Å². The third-order valence-corrected chi connectivity index (χ3v) is 5.62. The lowest BCUT2D eigenvalue weighted by molar-refractivity contribution is -0.0117. The van der Waals surface area contributed by atoms with Gasteiger partial charge >= 0.3 is 0 Å². The van der Waals surface area contributed by atoms with Crippen molar-refractivity contribution in [2.24, 2.45) is 0 Å². The predicted molar refractivity (Wildman–Crippen MR) is 118 cm³/mol. The largest absolute Gasteiger partial charge is 0.507 e. The normalized spacial score (nSPS) is 17.3. The molecule has 2 atom stereocenters. The third-order valence-electron chi connectivity index (χ3n) is 5.62. The maximum atomic E-state index is 13.1. The highest BCUT2D eigenvalue weighted by Gasteiger charge is 2.35. The van der Waals surface area contributed by atoms with E-state index in [0.29, 0.717) is 17.1 Å². The molecule has 33 heavy (non-hydrogen) atoms. The Morgan fingerprint density at radius 3 is 2.52 bits per heavy atom. The molecule has 0 saturated carbocycles. The van der Waals surface area contributed by atoms with Gasteiger partial charge in [0.1, 0.15) is 22.5 Å². The molecule has 0 spiro atoms. The van der Waals surface area contributed by atoms with E-state index in [2.05, 4.69) is 0 Å². The molecule has 0 saturated heterocycles. The predicted octanol–water partition coefficient (Wildman–Crippen LogP) is 3.25. The summed E-state index contributed by atoms with van der Waals surface area (Å²) in [6, 6.07) is 10.6. The number of aromatic hydroxyl groups is 2. The molecule has 0 radical (unpaired) electrons. The Morgan fingerprint density at radius 1 is 0.970 bits per heavy atom. The topological polar surface area (TPSA) is 128 Å². The fourth-order valence-electron chi connectivity index (χ4n) is 3.99. The number of aliphatic hydroxyl groups is 1. The number of methoxy groups -OCH3 is 2. The van der Waals surface area contributed by atoms with Crippen molar-refractivity contribution >= 4 is 21.9 Å². The van der Waals surface area contributed by atoms with Gasteiger partial charge < -0.3 is 38.7 Å². The van der Waals surface area contributed by atoms with Gasteiger partial charge in [-0.15, -0.1) is 0 Å². The summed E-state index contributed by atoms with van der Waals surface area (Å²) in [5.74, 6) is 0.748. The zero-order valence-electron chi connectivity index (χ0n) is 17.7. The Morgan fingerprint density at radius 2 is 1.79 bits per heavy atom. The van der Waals surface area contributed by atoms with E-state index in [4.69, 9.17) is 23.4 Å². The molecule has 5 rings (SSSR count). The van der Waals surface area contributed by atoms with Crippen LogP contribution in [0.3, 0.4) is 0 Å². The average molecular weight is 452 g/mol. The summed E-state index contributed by atoms with van der Waals surface area (Å²) in [6.07, 6.45) is -1.55. The van der Waals surface area contributed by atoms with Crippen molar-refractivity contribution < 1.29 is 38.7 Å². The fourth-order valence-corrected chi connectivity index (χ4v) is 3.99. The third kappa shape index (κ3) is 3.25. The molecule has 0 amide bonds. The first-order valence-corrected chi connectivity index (χ1v) is 10.1. The molecule has 3 aromatic carbocycles. The van der Waals surface area contributed by atoms with Crippen LogP contribution in [0.4, 0.5) is 0 Å². The van der Waals surface area contributed by atoms with E-state index in [1.54, 1.807) is 18.2 Å². The Hall–Kier alpha value is -4.11. The summed E-state index contributed by atoms with van der Waals surface area (Å²) in [5.41, 5.74) is 0.415. The lowest BCUT2D eigenvalue weighted by Crippen LogP contribution is -2.36. The Kier molecular flexibility index (Phi) is 4.90. The molecule has 170 valence electrons. The second-order valence-electron chi connectivity index (χ2n) is 7.53. The second-order valence-corrected chi connectivity index (χ2v) is 7.53. The number of phenolic OH excluding ortho intramolecular Hbond substituents is 2. The van der Waals surface area contributed by atoms with E-state index in [0.717, 1.165) is 0 Å². The van der Waals surface area contributed by atoms with Crippen molar-refractivity contribution in [1.82, 2.24) is 0 Å². The molecule has 0 aliphatic carbocycles. The molecule has 1 aliphatic heterocycles. The molecular formula is C24H20O9. The smallest absolute Gasteiger partial charge is 0.205 e. The van der Waals surface area contributed by atoms with Crippen LogP contribution in [0, 0.1) is 0 Å². The average Bonchev–Trinajstić information content (AvgIpc) is 2.83. The minimum absolute atomic E-state index is 0.0211. The van der Waals surface area contributed by atoms with Gasteiger partial charge in [-0.2, -0.15) is 0 Å². The molecule has 9 nitrogen and oxygen atoms in total. The number of ether oxygens (including phenoxy) is 4. The van der Waals surface area contributed by atoms with Gasteiger partial charge in [0.25, 0.3) is 0 Å². The molecule has 2 heterocycles. The monoisotopic (exact) mass is 452 g/mol. The van der Waals surface area contributed by atoms with Crippen LogP contribution in [0.5, 0.6) is 34.5 Å². The number of aliphatic hydroxyl groups excluding tert-OH is 1. The number of fused-ring (bicyclic) bond motifs is 4.